The monoisotopic (exact) mass is 200 g/mol. The predicted octanol–water partition coefficient (Wildman–Crippen LogP) is 2.49. The highest BCUT2D eigenvalue weighted by Gasteiger charge is 2.30. The van der Waals surface area contributed by atoms with Gasteiger partial charge in [-0.05, 0) is 17.3 Å². The van der Waals surface area contributed by atoms with Crippen molar-refractivity contribution in [2.75, 3.05) is 0 Å². The second-order valence-corrected chi connectivity index (χ2v) is 5.45. The van der Waals surface area contributed by atoms with E-state index in [2.05, 4.69) is 0 Å². The van der Waals surface area contributed by atoms with E-state index in [9.17, 15) is 9.59 Å². The summed E-state index contributed by atoms with van der Waals surface area (Å²) in [6, 6.07) is 0. The summed E-state index contributed by atoms with van der Waals surface area (Å²) < 4.78 is 0. The van der Waals surface area contributed by atoms with Gasteiger partial charge in [-0.3, -0.25) is 4.79 Å². The van der Waals surface area contributed by atoms with Crippen LogP contribution in [0.1, 0.15) is 47.0 Å². The van der Waals surface area contributed by atoms with E-state index in [1.54, 1.807) is 0 Å². The molecule has 0 radical (unpaired) electrons. The van der Waals surface area contributed by atoms with Gasteiger partial charge < -0.3 is 9.90 Å². The van der Waals surface area contributed by atoms with Crippen LogP contribution in [0, 0.1) is 10.8 Å². The van der Waals surface area contributed by atoms with Crippen LogP contribution in [0.5, 0.6) is 0 Å². The maximum absolute atomic E-state index is 10.6. The average molecular weight is 200 g/mol. The number of hydrogen-bond acceptors (Lipinski definition) is 2. The molecule has 0 aromatic carbocycles. The minimum absolute atomic E-state index is 0.110. The maximum atomic E-state index is 10.6. The van der Waals surface area contributed by atoms with Gasteiger partial charge in [0.15, 0.2) is 0 Å². The first-order valence-electron chi connectivity index (χ1n) is 4.84. The molecule has 0 spiro atoms. The molecular weight excluding hydrogens is 180 g/mol. The fraction of sp³-hybridized carbons (Fsp3) is 0.818. The van der Waals surface area contributed by atoms with Gasteiger partial charge >= 0.3 is 5.97 Å². The molecular formula is C11H20O3. The van der Waals surface area contributed by atoms with E-state index >= 15 is 0 Å². The van der Waals surface area contributed by atoms with Crippen LogP contribution in [-0.2, 0) is 9.59 Å². The van der Waals surface area contributed by atoms with Gasteiger partial charge in [-0.15, -0.1) is 0 Å². The van der Waals surface area contributed by atoms with Crippen molar-refractivity contribution in [2.45, 2.75) is 47.0 Å². The molecule has 0 rings (SSSR count). The van der Waals surface area contributed by atoms with Crippen molar-refractivity contribution in [3.05, 3.63) is 0 Å². The summed E-state index contributed by atoms with van der Waals surface area (Å²) in [7, 11) is 0. The fourth-order valence-corrected chi connectivity index (χ4v) is 2.07. The van der Waals surface area contributed by atoms with E-state index in [1.807, 2.05) is 27.7 Å². The molecule has 0 bridgehead atoms. The lowest BCUT2D eigenvalue weighted by molar-refractivity contribution is -0.139. The summed E-state index contributed by atoms with van der Waals surface area (Å²) in [5.74, 6) is -0.781. The molecule has 0 unspecified atom stereocenters. The number of aldehydes is 1. The maximum Gasteiger partial charge on any atom is 0.303 e. The highest BCUT2D eigenvalue weighted by molar-refractivity contribution is 5.67. The van der Waals surface area contributed by atoms with E-state index in [1.165, 1.54) is 0 Å². The number of hydrogen-bond donors (Lipinski definition) is 1. The number of carbonyl (C=O) groups excluding carboxylic acids is 1. The van der Waals surface area contributed by atoms with Gasteiger partial charge in [-0.25, -0.2) is 0 Å². The number of rotatable bonds is 6. The Morgan fingerprint density at radius 1 is 1.21 bits per heavy atom. The molecule has 1 N–H and O–H groups in total. The number of carboxylic acid groups (broad SMARTS) is 1. The average Bonchev–Trinajstić information content (AvgIpc) is 1.78. The van der Waals surface area contributed by atoms with Crippen molar-refractivity contribution >= 4 is 12.3 Å². The van der Waals surface area contributed by atoms with Crippen molar-refractivity contribution in [1.82, 2.24) is 0 Å². The Bertz CT molecular complexity index is 217. The number of aliphatic carboxylic acids is 1. The Balaban J connectivity index is 4.32. The first-order valence-corrected chi connectivity index (χ1v) is 4.84. The van der Waals surface area contributed by atoms with Crippen LogP contribution in [-0.4, -0.2) is 17.4 Å². The first kappa shape index (κ1) is 13.1. The summed E-state index contributed by atoms with van der Waals surface area (Å²) in [6.45, 7) is 7.83. The zero-order valence-electron chi connectivity index (χ0n) is 9.46. The molecule has 0 heterocycles. The molecule has 0 amide bonds. The van der Waals surface area contributed by atoms with E-state index in [4.69, 9.17) is 5.11 Å². The summed E-state index contributed by atoms with van der Waals surface area (Å²) >= 11 is 0. The summed E-state index contributed by atoms with van der Waals surface area (Å²) in [4.78, 5) is 21.0. The minimum atomic E-state index is -0.781. The van der Waals surface area contributed by atoms with Crippen LogP contribution in [0.3, 0.4) is 0 Å². The zero-order chi connectivity index (χ0) is 11.4. The van der Waals surface area contributed by atoms with Crippen molar-refractivity contribution in [2.24, 2.45) is 10.8 Å². The van der Waals surface area contributed by atoms with Crippen LogP contribution >= 0.6 is 0 Å². The normalized spacial score (nSPS) is 12.6. The Hall–Kier alpha value is -0.860. The van der Waals surface area contributed by atoms with Crippen LogP contribution in [0.2, 0.25) is 0 Å². The third-order valence-corrected chi connectivity index (χ3v) is 2.22. The van der Waals surface area contributed by atoms with Gasteiger partial charge in [0.25, 0.3) is 0 Å². The highest BCUT2D eigenvalue weighted by atomic mass is 16.4. The van der Waals surface area contributed by atoms with Crippen molar-refractivity contribution in [1.29, 1.82) is 0 Å². The minimum Gasteiger partial charge on any atom is -0.481 e. The summed E-state index contributed by atoms with van der Waals surface area (Å²) in [5, 5.41) is 8.71. The lowest BCUT2D eigenvalue weighted by Crippen LogP contribution is -2.25. The lowest BCUT2D eigenvalue weighted by atomic mass is 9.72. The second kappa shape index (κ2) is 4.58. The smallest absolute Gasteiger partial charge is 0.303 e. The standard InChI is InChI=1S/C11H20O3/c1-10(2,5-6-12)8-11(3,4)7-9(13)14/h6H,5,7-8H2,1-4H3,(H,13,14). The SMILES string of the molecule is CC(C)(CC=O)CC(C)(C)CC(=O)O. The Morgan fingerprint density at radius 3 is 2.07 bits per heavy atom. The lowest BCUT2D eigenvalue weighted by Gasteiger charge is -2.32. The van der Waals surface area contributed by atoms with Crippen LogP contribution in [0.15, 0.2) is 0 Å². The Kier molecular flexibility index (Phi) is 4.30. The van der Waals surface area contributed by atoms with Crippen molar-refractivity contribution in [3.63, 3.8) is 0 Å². The van der Waals surface area contributed by atoms with Gasteiger partial charge in [0.05, 0.1) is 6.42 Å². The third kappa shape index (κ3) is 5.73. The molecule has 0 aliphatic carbocycles. The van der Waals surface area contributed by atoms with Crippen LogP contribution < -0.4 is 0 Å². The third-order valence-electron chi connectivity index (χ3n) is 2.22. The Labute approximate surface area is 85.5 Å². The molecule has 14 heavy (non-hydrogen) atoms. The second-order valence-electron chi connectivity index (χ2n) is 5.45. The topological polar surface area (TPSA) is 54.4 Å². The van der Waals surface area contributed by atoms with E-state index < -0.39 is 5.97 Å². The predicted molar refractivity (Wildman–Crippen MR) is 55.1 cm³/mol. The molecule has 0 aromatic heterocycles. The van der Waals surface area contributed by atoms with E-state index in [-0.39, 0.29) is 17.3 Å². The highest BCUT2D eigenvalue weighted by Crippen LogP contribution is 2.37. The molecule has 0 aliphatic rings. The molecule has 0 atom stereocenters. The molecule has 0 saturated heterocycles. The van der Waals surface area contributed by atoms with Gasteiger partial charge in [0.2, 0.25) is 0 Å². The Morgan fingerprint density at radius 2 is 1.71 bits per heavy atom. The summed E-state index contributed by atoms with van der Waals surface area (Å²) in [5.41, 5.74) is -0.362. The molecule has 0 aliphatic heterocycles. The van der Waals surface area contributed by atoms with Gasteiger partial charge in [-0.2, -0.15) is 0 Å². The number of carboxylic acids is 1. The van der Waals surface area contributed by atoms with Crippen LogP contribution in [0.25, 0.3) is 0 Å². The molecule has 3 heteroatoms. The zero-order valence-corrected chi connectivity index (χ0v) is 9.46. The first-order chi connectivity index (χ1) is 6.18. The largest absolute Gasteiger partial charge is 0.481 e. The van der Waals surface area contributed by atoms with E-state index in [0.717, 1.165) is 12.7 Å². The summed E-state index contributed by atoms with van der Waals surface area (Å²) in [6.07, 6.45) is 2.27. The van der Waals surface area contributed by atoms with Gasteiger partial charge in [0.1, 0.15) is 6.29 Å². The molecule has 82 valence electrons. The quantitative estimate of drug-likeness (QED) is 0.670. The van der Waals surface area contributed by atoms with Crippen molar-refractivity contribution < 1.29 is 14.7 Å². The molecule has 0 fully saturated rings. The van der Waals surface area contributed by atoms with Crippen LogP contribution in [0.4, 0.5) is 0 Å². The van der Waals surface area contributed by atoms with Crippen molar-refractivity contribution in [3.8, 4) is 0 Å². The number of carbonyl (C=O) groups is 2. The molecule has 0 saturated carbocycles. The van der Waals surface area contributed by atoms with E-state index in [0.29, 0.717) is 6.42 Å². The van der Waals surface area contributed by atoms with Gasteiger partial charge in [0, 0.05) is 6.42 Å². The molecule has 0 aromatic rings. The molecule has 3 nitrogen and oxygen atoms in total. The van der Waals surface area contributed by atoms with Gasteiger partial charge in [-0.1, -0.05) is 27.7 Å². The fourth-order valence-electron chi connectivity index (χ4n) is 2.07.